The third-order valence-electron chi connectivity index (χ3n) is 4.88. The molecule has 0 saturated heterocycles. The van der Waals surface area contributed by atoms with Gasteiger partial charge in [-0.15, -0.1) is 11.3 Å². The largest absolute Gasteiger partial charge is 0.315 e. The van der Waals surface area contributed by atoms with Crippen LogP contribution in [0.15, 0.2) is 17.5 Å². The third-order valence-corrected chi connectivity index (χ3v) is 5.78. The molecule has 1 N–H and O–H groups in total. The summed E-state index contributed by atoms with van der Waals surface area (Å²) < 4.78 is 0. The Labute approximate surface area is 122 Å². The molecule has 19 heavy (non-hydrogen) atoms. The highest BCUT2D eigenvalue weighted by atomic mass is 32.1. The minimum absolute atomic E-state index is 0.316. The zero-order chi connectivity index (χ0) is 13.9. The molecule has 1 aromatic heterocycles. The summed E-state index contributed by atoms with van der Waals surface area (Å²) >= 11 is 1.88. The van der Waals surface area contributed by atoms with E-state index in [4.69, 9.17) is 0 Å². The summed E-state index contributed by atoms with van der Waals surface area (Å²) in [6.07, 6.45) is 6.55. The van der Waals surface area contributed by atoms with E-state index in [1.54, 1.807) is 0 Å². The van der Waals surface area contributed by atoms with Crippen molar-refractivity contribution in [3.8, 4) is 0 Å². The summed E-state index contributed by atoms with van der Waals surface area (Å²) in [6.45, 7) is 2.41. The molecule has 3 atom stereocenters. The van der Waals surface area contributed by atoms with Crippen molar-refractivity contribution in [2.24, 2.45) is 5.92 Å². The highest BCUT2D eigenvalue weighted by Crippen LogP contribution is 2.39. The quantitative estimate of drug-likeness (QED) is 0.889. The Balaban J connectivity index is 2.20. The van der Waals surface area contributed by atoms with Crippen LogP contribution in [0.3, 0.4) is 0 Å². The fraction of sp³-hybridized carbons (Fsp3) is 0.750. The van der Waals surface area contributed by atoms with Crippen molar-refractivity contribution in [1.82, 2.24) is 10.2 Å². The van der Waals surface area contributed by atoms with Crippen LogP contribution in [0.5, 0.6) is 0 Å². The fourth-order valence-corrected chi connectivity index (χ4v) is 4.54. The fourth-order valence-electron chi connectivity index (χ4n) is 3.79. The van der Waals surface area contributed by atoms with Crippen molar-refractivity contribution in [2.45, 2.75) is 50.6 Å². The molecule has 0 aromatic carbocycles. The van der Waals surface area contributed by atoms with Crippen LogP contribution < -0.4 is 5.32 Å². The number of hydrogen-bond acceptors (Lipinski definition) is 3. The van der Waals surface area contributed by atoms with E-state index in [1.807, 2.05) is 11.3 Å². The van der Waals surface area contributed by atoms with Gasteiger partial charge in [0, 0.05) is 16.5 Å². The molecule has 1 heterocycles. The lowest BCUT2D eigenvalue weighted by Crippen LogP contribution is -2.61. The van der Waals surface area contributed by atoms with Gasteiger partial charge in [-0.2, -0.15) is 0 Å². The molecule has 3 unspecified atom stereocenters. The molecule has 108 valence electrons. The molecule has 0 aliphatic heterocycles. The van der Waals surface area contributed by atoms with E-state index >= 15 is 0 Å². The molecule has 0 bridgehead atoms. The monoisotopic (exact) mass is 280 g/mol. The Morgan fingerprint density at radius 3 is 2.84 bits per heavy atom. The molecule has 0 amide bonds. The Morgan fingerprint density at radius 1 is 1.53 bits per heavy atom. The van der Waals surface area contributed by atoms with E-state index in [9.17, 15) is 0 Å². The van der Waals surface area contributed by atoms with E-state index in [2.05, 4.69) is 55.8 Å². The predicted molar refractivity (Wildman–Crippen MR) is 84.9 cm³/mol. The van der Waals surface area contributed by atoms with Gasteiger partial charge in [-0.05, 0) is 57.8 Å². The molecule has 3 heteroatoms. The van der Waals surface area contributed by atoms with Gasteiger partial charge in [0.25, 0.3) is 0 Å². The molecule has 1 aliphatic rings. The molecule has 0 radical (unpaired) electrons. The maximum atomic E-state index is 3.62. The van der Waals surface area contributed by atoms with Gasteiger partial charge in [0.15, 0.2) is 0 Å². The van der Waals surface area contributed by atoms with E-state index in [1.165, 1.54) is 30.6 Å². The smallest absolute Gasteiger partial charge is 0.0362 e. The topological polar surface area (TPSA) is 15.3 Å². The molecule has 0 spiro atoms. The Kier molecular flexibility index (Phi) is 5.04. The van der Waals surface area contributed by atoms with E-state index < -0.39 is 0 Å². The first-order chi connectivity index (χ1) is 9.08. The van der Waals surface area contributed by atoms with Crippen LogP contribution in [0.1, 0.15) is 37.5 Å². The maximum Gasteiger partial charge on any atom is 0.0362 e. The lowest BCUT2D eigenvalue weighted by Gasteiger charge is -2.50. The van der Waals surface area contributed by atoms with Gasteiger partial charge in [-0.25, -0.2) is 0 Å². The van der Waals surface area contributed by atoms with Crippen molar-refractivity contribution in [1.29, 1.82) is 0 Å². The summed E-state index contributed by atoms with van der Waals surface area (Å²) in [7, 11) is 6.65. The molecule has 1 aromatic rings. The SMILES string of the molecule is CNC(Cc1cccs1)C1(N(C)C)CCCC(C)C1. The average Bonchev–Trinajstić information content (AvgIpc) is 2.88. The summed E-state index contributed by atoms with van der Waals surface area (Å²) in [5.41, 5.74) is 0.316. The molecule has 1 saturated carbocycles. The van der Waals surface area contributed by atoms with Crippen LogP contribution in [-0.4, -0.2) is 37.6 Å². The first-order valence-corrected chi connectivity index (χ1v) is 8.33. The van der Waals surface area contributed by atoms with Crippen LogP contribution >= 0.6 is 11.3 Å². The van der Waals surface area contributed by atoms with E-state index in [-0.39, 0.29) is 0 Å². The second kappa shape index (κ2) is 6.38. The van der Waals surface area contributed by atoms with Crippen LogP contribution in [0.2, 0.25) is 0 Å². The van der Waals surface area contributed by atoms with Crippen LogP contribution in [-0.2, 0) is 6.42 Å². The standard InChI is InChI=1S/C16H28N2S/c1-13-7-5-9-16(12-13,18(3)4)15(17-2)11-14-8-6-10-19-14/h6,8,10,13,15,17H,5,7,9,11-12H2,1-4H3. The number of nitrogens with zero attached hydrogens (tertiary/aromatic N) is 1. The second-order valence-electron chi connectivity index (χ2n) is 6.32. The second-order valence-corrected chi connectivity index (χ2v) is 7.36. The lowest BCUT2D eigenvalue weighted by molar-refractivity contribution is 0.0401. The van der Waals surface area contributed by atoms with Crippen LogP contribution in [0.4, 0.5) is 0 Å². The summed E-state index contributed by atoms with van der Waals surface area (Å²) in [5.74, 6) is 0.843. The number of hydrogen-bond donors (Lipinski definition) is 1. The van der Waals surface area contributed by atoms with Gasteiger partial charge in [0.2, 0.25) is 0 Å². The van der Waals surface area contributed by atoms with Gasteiger partial charge in [-0.3, -0.25) is 0 Å². The average molecular weight is 280 g/mol. The van der Waals surface area contributed by atoms with Gasteiger partial charge in [-0.1, -0.05) is 25.8 Å². The molecule has 1 aliphatic carbocycles. The summed E-state index contributed by atoms with van der Waals surface area (Å²) in [6, 6.07) is 4.98. The minimum Gasteiger partial charge on any atom is -0.315 e. The Morgan fingerprint density at radius 2 is 2.32 bits per heavy atom. The highest BCUT2D eigenvalue weighted by molar-refractivity contribution is 7.09. The van der Waals surface area contributed by atoms with Crippen LogP contribution in [0.25, 0.3) is 0 Å². The van der Waals surface area contributed by atoms with Gasteiger partial charge in [0.05, 0.1) is 0 Å². The molecule has 2 rings (SSSR count). The van der Waals surface area contributed by atoms with Gasteiger partial charge in [0.1, 0.15) is 0 Å². The number of nitrogens with one attached hydrogen (secondary N) is 1. The van der Waals surface area contributed by atoms with Crippen molar-refractivity contribution in [2.75, 3.05) is 21.1 Å². The van der Waals surface area contributed by atoms with Crippen LogP contribution in [0, 0.1) is 5.92 Å². The first kappa shape index (κ1) is 15.0. The van der Waals surface area contributed by atoms with Gasteiger partial charge >= 0.3 is 0 Å². The first-order valence-electron chi connectivity index (χ1n) is 7.45. The molecular formula is C16H28N2S. The molecule has 2 nitrogen and oxygen atoms in total. The number of thiophene rings is 1. The third kappa shape index (κ3) is 3.21. The highest BCUT2D eigenvalue weighted by Gasteiger charge is 2.42. The van der Waals surface area contributed by atoms with Crippen molar-refractivity contribution >= 4 is 11.3 Å². The summed E-state index contributed by atoms with van der Waals surface area (Å²) in [4.78, 5) is 3.98. The zero-order valence-electron chi connectivity index (χ0n) is 12.8. The van der Waals surface area contributed by atoms with E-state index in [0.717, 1.165) is 12.3 Å². The van der Waals surface area contributed by atoms with Crippen molar-refractivity contribution in [3.05, 3.63) is 22.4 Å². The molecule has 1 fully saturated rings. The summed E-state index contributed by atoms with van der Waals surface area (Å²) in [5, 5.41) is 5.81. The zero-order valence-corrected chi connectivity index (χ0v) is 13.6. The Hall–Kier alpha value is -0.380. The normalized spacial score (nSPS) is 29.6. The van der Waals surface area contributed by atoms with Crippen molar-refractivity contribution in [3.63, 3.8) is 0 Å². The lowest BCUT2D eigenvalue weighted by atomic mass is 9.70. The van der Waals surface area contributed by atoms with Crippen molar-refractivity contribution < 1.29 is 0 Å². The number of likely N-dealkylation sites (N-methyl/N-ethyl adjacent to an activating group) is 2. The minimum atomic E-state index is 0.316. The van der Waals surface area contributed by atoms with Gasteiger partial charge < -0.3 is 10.2 Å². The number of rotatable bonds is 5. The van der Waals surface area contributed by atoms with E-state index in [0.29, 0.717) is 11.6 Å². The maximum absolute atomic E-state index is 3.62. The molecular weight excluding hydrogens is 252 g/mol. The Bertz CT molecular complexity index is 374. The predicted octanol–water partition coefficient (Wildman–Crippen LogP) is 3.39.